The predicted molar refractivity (Wildman–Crippen MR) is 74.5 cm³/mol. The SMILES string of the molecule is CCC1NC(=O)C(CC)N(CC2CC=CCC2)C1=O. The van der Waals surface area contributed by atoms with Crippen molar-refractivity contribution in [3.05, 3.63) is 12.2 Å². The van der Waals surface area contributed by atoms with Crippen LogP contribution in [0.4, 0.5) is 0 Å². The number of rotatable bonds is 4. The number of allylic oxidation sites excluding steroid dienone is 2. The summed E-state index contributed by atoms with van der Waals surface area (Å²) in [6, 6.07) is -0.601. The van der Waals surface area contributed by atoms with Crippen LogP contribution in [-0.2, 0) is 9.59 Å². The summed E-state index contributed by atoms with van der Waals surface area (Å²) in [4.78, 5) is 26.3. The van der Waals surface area contributed by atoms with E-state index in [1.807, 2.05) is 18.7 Å². The molecular formula is C15H24N2O2. The van der Waals surface area contributed by atoms with Crippen LogP contribution in [0.2, 0.25) is 0 Å². The summed E-state index contributed by atoms with van der Waals surface area (Å²) in [7, 11) is 0. The van der Waals surface area contributed by atoms with Crippen LogP contribution < -0.4 is 5.32 Å². The summed E-state index contributed by atoms with van der Waals surface area (Å²) in [5.41, 5.74) is 0. The van der Waals surface area contributed by atoms with Crippen molar-refractivity contribution in [3.8, 4) is 0 Å². The molecule has 1 fully saturated rings. The number of piperazine rings is 1. The molecule has 1 N–H and O–H groups in total. The van der Waals surface area contributed by atoms with Crippen LogP contribution in [0.25, 0.3) is 0 Å². The molecule has 3 unspecified atom stereocenters. The minimum Gasteiger partial charge on any atom is -0.343 e. The summed E-state index contributed by atoms with van der Waals surface area (Å²) in [5.74, 6) is 0.621. The summed E-state index contributed by atoms with van der Waals surface area (Å²) < 4.78 is 0. The Hall–Kier alpha value is -1.32. The van der Waals surface area contributed by atoms with E-state index in [0.717, 1.165) is 25.8 Å². The van der Waals surface area contributed by atoms with Gasteiger partial charge in [-0.1, -0.05) is 26.0 Å². The van der Waals surface area contributed by atoms with Crippen LogP contribution in [0.5, 0.6) is 0 Å². The van der Waals surface area contributed by atoms with Gasteiger partial charge in [0.2, 0.25) is 11.8 Å². The highest BCUT2D eigenvalue weighted by Crippen LogP contribution is 2.23. The Bertz CT molecular complexity index is 378. The summed E-state index contributed by atoms with van der Waals surface area (Å²) in [6.45, 7) is 4.64. The van der Waals surface area contributed by atoms with Crippen LogP contribution in [0.1, 0.15) is 46.0 Å². The van der Waals surface area contributed by atoms with E-state index >= 15 is 0 Å². The fraction of sp³-hybridized carbons (Fsp3) is 0.733. The zero-order chi connectivity index (χ0) is 13.8. The standard InChI is InChI=1S/C15H24N2O2/c1-3-12-15(19)17(13(4-2)14(18)16-12)10-11-8-6-5-7-9-11/h5-6,11-13H,3-4,7-10H2,1-2H3,(H,16,18). The molecule has 0 aromatic heterocycles. The van der Waals surface area contributed by atoms with Crippen molar-refractivity contribution in [2.45, 2.75) is 58.0 Å². The van der Waals surface area contributed by atoms with Crippen molar-refractivity contribution >= 4 is 11.8 Å². The molecular weight excluding hydrogens is 240 g/mol. The second-order valence-corrected chi connectivity index (χ2v) is 5.53. The van der Waals surface area contributed by atoms with Crippen LogP contribution in [0, 0.1) is 5.92 Å². The molecule has 2 aliphatic rings. The van der Waals surface area contributed by atoms with Crippen LogP contribution in [-0.4, -0.2) is 35.3 Å². The largest absolute Gasteiger partial charge is 0.343 e. The summed E-state index contributed by atoms with van der Waals surface area (Å²) in [5, 5.41) is 2.84. The fourth-order valence-corrected chi connectivity index (χ4v) is 3.02. The molecule has 1 saturated heterocycles. The van der Waals surface area contributed by atoms with Gasteiger partial charge in [0.05, 0.1) is 0 Å². The third-order valence-corrected chi connectivity index (χ3v) is 4.20. The Morgan fingerprint density at radius 3 is 2.63 bits per heavy atom. The average Bonchev–Trinajstić information content (AvgIpc) is 2.44. The second kappa shape index (κ2) is 6.22. The van der Waals surface area contributed by atoms with Crippen LogP contribution in [0.15, 0.2) is 12.2 Å². The molecule has 0 saturated carbocycles. The lowest BCUT2D eigenvalue weighted by Gasteiger charge is -2.40. The van der Waals surface area contributed by atoms with Gasteiger partial charge >= 0.3 is 0 Å². The van der Waals surface area contributed by atoms with Gasteiger partial charge in [0, 0.05) is 6.54 Å². The molecule has 0 spiro atoms. The van der Waals surface area contributed by atoms with E-state index in [1.165, 1.54) is 0 Å². The molecule has 4 heteroatoms. The Morgan fingerprint density at radius 1 is 1.26 bits per heavy atom. The van der Waals surface area contributed by atoms with Gasteiger partial charge in [0.15, 0.2) is 0 Å². The van der Waals surface area contributed by atoms with Crippen molar-refractivity contribution < 1.29 is 9.59 Å². The first-order valence-corrected chi connectivity index (χ1v) is 7.43. The lowest BCUT2D eigenvalue weighted by atomic mass is 9.92. The van der Waals surface area contributed by atoms with Crippen molar-refractivity contribution in [1.29, 1.82) is 0 Å². The molecule has 0 aromatic rings. The number of carbonyl (C=O) groups is 2. The normalized spacial score (nSPS) is 31.5. The van der Waals surface area contributed by atoms with Gasteiger partial charge in [0.25, 0.3) is 0 Å². The quantitative estimate of drug-likeness (QED) is 0.788. The zero-order valence-electron chi connectivity index (χ0n) is 11.9. The molecule has 1 aliphatic heterocycles. The minimum absolute atomic E-state index is 0.0142. The van der Waals surface area contributed by atoms with Gasteiger partial charge in [-0.15, -0.1) is 0 Å². The molecule has 2 rings (SSSR count). The summed E-state index contributed by atoms with van der Waals surface area (Å²) >= 11 is 0. The van der Waals surface area contributed by atoms with E-state index < -0.39 is 0 Å². The molecule has 2 amide bonds. The van der Waals surface area contributed by atoms with Crippen molar-refractivity contribution in [2.24, 2.45) is 5.92 Å². The van der Waals surface area contributed by atoms with E-state index in [2.05, 4.69) is 17.5 Å². The van der Waals surface area contributed by atoms with E-state index in [4.69, 9.17) is 0 Å². The number of nitrogens with one attached hydrogen (secondary N) is 1. The molecule has 1 heterocycles. The maximum atomic E-state index is 12.4. The van der Waals surface area contributed by atoms with Crippen molar-refractivity contribution in [1.82, 2.24) is 10.2 Å². The highest BCUT2D eigenvalue weighted by molar-refractivity contribution is 5.96. The summed E-state index contributed by atoms with van der Waals surface area (Å²) in [6.07, 6.45) is 8.99. The second-order valence-electron chi connectivity index (χ2n) is 5.53. The van der Waals surface area contributed by atoms with E-state index in [1.54, 1.807) is 0 Å². The van der Waals surface area contributed by atoms with E-state index in [9.17, 15) is 9.59 Å². The van der Waals surface area contributed by atoms with Gasteiger partial charge in [-0.25, -0.2) is 0 Å². The maximum absolute atomic E-state index is 12.4. The van der Waals surface area contributed by atoms with Gasteiger partial charge in [0.1, 0.15) is 12.1 Å². The molecule has 19 heavy (non-hydrogen) atoms. The number of hydrogen-bond acceptors (Lipinski definition) is 2. The Balaban J connectivity index is 2.10. The number of hydrogen-bond donors (Lipinski definition) is 1. The monoisotopic (exact) mass is 264 g/mol. The van der Waals surface area contributed by atoms with Gasteiger partial charge in [-0.05, 0) is 38.0 Å². The molecule has 0 radical (unpaired) electrons. The minimum atomic E-state index is -0.325. The predicted octanol–water partition coefficient (Wildman–Crippen LogP) is 1.86. The van der Waals surface area contributed by atoms with Crippen molar-refractivity contribution in [2.75, 3.05) is 6.54 Å². The maximum Gasteiger partial charge on any atom is 0.245 e. The lowest BCUT2D eigenvalue weighted by Crippen LogP contribution is -2.63. The first-order chi connectivity index (χ1) is 9.17. The third kappa shape index (κ3) is 2.99. The Morgan fingerprint density at radius 2 is 2.05 bits per heavy atom. The average molecular weight is 264 g/mol. The molecule has 0 aromatic carbocycles. The van der Waals surface area contributed by atoms with E-state index in [-0.39, 0.29) is 23.9 Å². The first-order valence-electron chi connectivity index (χ1n) is 7.43. The Kier molecular flexibility index (Phi) is 4.61. The van der Waals surface area contributed by atoms with Gasteiger partial charge < -0.3 is 10.2 Å². The Labute approximate surface area is 115 Å². The van der Waals surface area contributed by atoms with Gasteiger partial charge in [-0.3, -0.25) is 9.59 Å². The lowest BCUT2D eigenvalue weighted by molar-refractivity contribution is -0.150. The topological polar surface area (TPSA) is 49.4 Å². The zero-order valence-corrected chi connectivity index (χ0v) is 11.9. The highest BCUT2D eigenvalue weighted by atomic mass is 16.2. The van der Waals surface area contributed by atoms with Crippen molar-refractivity contribution in [3.63, 3.8) is 0 Å². The van der Waals surface area contributed by atoms with Gasteiger partial charge in [-0.2, -0.15) is 0 Å². The van der Waals surface area contributed by atoms with Crippen LogP contribution in [0.3, 0.4) is 0 Å². The number of amides is 2. The molecule has 0 bridgehead atoms. The smallest absolute Gasteiger partial charge is 0.245 e. The fourth-order valence-electron chi connectivity index (χ4n) is 3.02. The first kappa shape index (κ1) is 14.1. The van der Waals surface area contributed by atoms with E-state index in [0.29, 0.717) is 18.8 Å². The highest BCUT2D eigenvalue weighted by Gasteiger charge is 2.39. The molecule has 3 atom stereocenters. The molecule has 1 aliphatic carbocycles. The molecule has 106 valence electrons. The third-order valence-electron chi connectivity index (χ3n) is 4.20. The van der Waals surface area contributed by atoms with Crippen LogP contribution >= 0.6 is 0 Å². The molecule has 4 nitrogen and oxygen atoms in total. The number of nitrogens with zero attached hydrogens (tertiary/aromatic N) is 1. The number of carbonyl (C=O) groups excluding carboxylic acids is 2.